The number of rotatable bonds is 7. The first-order chi connectivity index (χ1) is 13.5. The van der Waals surface area contributed by atoms with Crippen LogP contribution >= 0.6 is 11.6 Å². The van der Waals surface area contributed by atoms with E-state index in [-0.39, 0.29) is 17.9 Å². The third kappa shape index (κ3) is 5.24. The first kappa shape index (κ1) is 20.2. The van der Waals surface area contributed by atoms with E-state index >= 15 is 0 Å². The molecule has 0 spiro atoms. The van der Waals surface area contributed by atoms with Gasteiger partial charge in [-0.15, -0.1) is 0 Å². The summed E-state index contributed by atoms with van der Waals surface area (Å²) in [5.41, 5.74) is 0.811. The van der Waals surface area contributed by atoms with E-state index in [9.17, 15) is 9.59 Å². The van der Waals surface area contributed by atoms with Gasteiger partial charge in [-0.25, -0.2) is 0 Å². The second-order valence-corrected chi connectivity index (χ2v) is 6.98. The third-order valence-electron chi connectivity index (χ3n) is 4.45. The number of nitrogens with one attached hydrogen (secondary N) is 2. The van der Waals surface area contributed by atoms with Gasteiger partial charge in [0.2, 0.25) is 0 Å². The number of hydrogen-bond acceptors (Lipinski definition) is 4. The molecule has 28 heavy (non-hydrogen) atoms. The zero-order valence-electron chi connectivity index (χ0n) is 15.6. The van der Waals surface area contributed by atoms with E-state index in [0.29, 0.717) is 28.6 Å². The molecule has 1 aliphatic heterocycles. The Morgan fingerprint density at radius 3 is 2.71 bits per heavy atom. The fourth-order valence-corrected chi connectivity index (χ4v) is 3.10. The van der Waals surface area contributed by atoms with Crippen LogP contribution in [0, 0.1) is 0 Å². The fraction of sp³-hybridized carbons (Fsp3) is 0.333. The van der Waals surface area contributed by atoms with Gasteiger partial charge in [0.1, 0.15) is 5.75 Å². The van der Waals surface area contributed by atoms with Crippen LogP contribution in [0.3, 0.4) is 0 Å². The summed E-state index contributed by atoms with van der Waals surface area (Å²) in [7, 11) is 0. The molecule has 0 aliphatic carbocycles. The monoisotopic (exact) mass is 402 g/mol. The van der Waals surface area contributed by atoms with Crippen molar-refractivity contribution >= 4 is 29.1 Å². The Morgan fingerprint density at radius 1 is 1.21 bits per heavy atom. The molecule has 148 valence electrons. The van der Waals surface area contributed by atoms with Crippen LogP contribution in [0.15, 0.2) is 48.5 Å². The van der Waals surface area contributed by atoms with Crippen LogP contribution in [0.1, 0.15) is 30.1 Å². The summed E-state index contributed by atoms with van der Waals surface area (Å²) in [6.07, 6.45) is 1.21. The number of carbonyl (C=O) groups excluding carboxylic acids is 2. The van der Waals surface area contributed by atoms with Crippen LogP contribution in [0.4, 0.5) is 5.69 Å². The molecular formula is C21H23ClN2O4. The lowest BCUT2D eigenvalue weighted by Crippen LogP contribution is -2.34. The van der Waals surface area contributed by atoms with Crippen molar-refractivity contribution in [3.8, 4) is 5.75 Å². The van der Waals surface area contributed by atoms with Crippen molar-refractivity contribution in [3.05, 3.63) is 59.1 Å². The van der Waals surface area contributed by atoms with E-state index in [1.54, 1.807) is 55.5 Å². The van der Waals surface area contributed by atoms with Crippen LogP contribution in [-0.4, -0.2) is 37.2 Å². The summed E-state index contributed by atoms with van der Waals surface area (Å²) < 4.78 is 11.2. The molecular weight excluding hydrogens is 380 g/mol. The second-order valence-electron chi connectivity index (χ2n) is 6.57. The standard InChI is InChI=1S/C21H23ClN2O4/c1-14(28-19-11-5-3-9-17(19)22)20(25)24-18-10-4-2-8-16(18)21(26)23-13-15-7-6-12-27-15/h2-5,8-11,14-15H,6-7,12-13H2,1H3,(H,23,26)(H,24,25)/t14-,15+/m0/s1. The second kappa shape index (κ2) is 9.57. The van der Waals surface area contributed by atoms with E-state index in [0.717, 1.165) is 19.4 Å². The molecule has 3 rings (SSSR count). The molecule has 2 aromatic carbocycles. The molecule has 6 nitrogen and oxygen atoms in total. The lowest BCUT2D eigenvalue weighted by Gasteiger charge is -2.17. The van der Waals surface area contributed by atoms with Crippen LogP contribution in [0.2, 0.25) is 5.02 Å². The van der Waals surface area contributed by atoms with Crippen molar-refractivity contribution in [2.45, 2.75) is 32.0 Å². The number of hydrogen-bond donors (Lipinski definition) is 2. The molecule has 0 unspecified atom stereocenters. The highest BCUT2D eigenvalue weighted by Crippen LogP contribution is 2.24. The van der Waals surface area contributed by atoms with Crippen molar-refractivity contribution in [1.82, 2.24) is 5.32 Å². The van der Waals surface area contributed by atoms with E-state index < -0.39 is 6.10 Å². The fourth-order valence-electron chi connectivity index (χ4n) is 2.92. The van der Waals surface area contributed by atoms with Crippen LogP contribution in [-0.2, 0) is 9.53 Å². The van der Waals surface area contributed by atoms with Gasteiger partial charge in [-0.2, -0.15) is 0 Å². The Morgan fingerprint density at radius 2 is 1.96 bits per heavy atom. The summed E-state index contributed by atoms with van der Waals surface area (Å²) in [5, 5.41) is 6.05. The molecule has 0 radical (unpaired) electrons. The van der Waals surface area contributed by atoms with Gasteiger partial charge in [0, 0.05) is 13.2 Å². The number of benzene rings is 2. The molecule has 7 heteroatoms. The van der Waals surface area contributed by atoms with E-state index in [1.807, 2.05) is 0 Å². The molecule has 2 aromatic rings. The molecule has 2 atom stereocenters. The summed E-state index contributed by atoms with van der Waals surface area (Å²) in [4.78, 5) is 25.1. The van der Waals surface area contributed by atoms with E-state index in [1.165, 1.54) is 0 Å². The maximum Gasteiger partial charge on any atom is 0.265 e. The lowest BCUT2D eigenvalue weighted by atomic mass is 10.1. The van der Waals surface area contributed by atoms with Crippen LogP contribution in [0.5, 0.6) is 5.75 Å². The summed E-state index contributed by atoms with van der Waals surface area (Å²) in [6.45, 7) is 2.81. The molecule has 1 heterocycles. The molecule has 0 bridgehead atoms. The third-order valence-corrected chi connectivity index (χ3v) is 4.77. The van der Waals surface area contributed by atoms with Crippen LogP contribution < -0.4 is 15.4 Å². The predicted octanol–water partition coefficient (Wildman–Crippen LogP) is 3.65. The Balaban J connectivity index is 1.62. The normalized spacial score (nSPS) is 17.0. The Hall–Kier alpha value is -2.57. The quantitative estimate of drug-likeness (QED) is 0.741. The summed E-state index contributed by atoms with van der Waals surface area (Å²) >= 11 is 6.07. The molecule has 0 saturated carbocycles. The van der Waals surface area contributed by atoms with Gasteiger partial charge >= 0.3 is 0 Å². The smallest absolute Gasteiger partial charge is 0.265 e. The van der Waals surface area contributed by atoms with Gasteiger partial charge in [-0.1, -0.05) is 35.9 Å². The number of ether oxygens (including phenoxy) is 2. The Bertz CT molecular complexity index is 837. The van der Waals surface area contributed by atoms with Gasteiger partial charge < -0.3 is 20.1 Å². The maximum atomic E-state index is 12.5. The van der Waals surface area contributed by atoms with Crippen molar-refractivity contribution < 1.29 is 19.1 Å². The van der Waals surface area contributed by atoms with Gasteiger partial charge in [0.25, 0.3) is 11.8 Å². The highest BCUT2D eigenvalue weighted by molar-refractivity contribution is 6.32. The number of halogens is 1. The predicted molar refractivity (Wildman–Crippen MR) is 108 cm³/mol. The van der Waals surface area contributed by atoms with Crippen molar-refractivity contribution in [2.75, 3.05) is 18.5 Å². The number of para-hydroxylation sites is 2. The molecule has 1 saturated heterocycles. The average molecular weight is 403 g/mol. The van der Waals surface area contributed by atoms with E-state index in [4.69, 9.17) is 21.1 Å². The summed E-state index contributed by atoms with van der Waals surface area (Å²) in [5.74, 6) is -0.209. The number of anilines is 1. The molecule has 1 aliphatic rings. The molecule has 1 fully saturated rings. The highest BCUT2D eigenvalue weighted by Gasteiger charge is 2.21. The first-order valence-electron chi connectivity index (χ1n) is 9.25. The molecule has 2 amide bonds. The molecule has 0 aromatic heterocycles. The number of carbonyl (C=O) groups is 2. The summed E-state index contributed by atoms with van der Waals surface area (Å²) in [6, 6.07) is 13.8. The van der Waals surface area contributed by atoms with Gasteiger partial charge in [-0.05, 0) is 44.0 Å². The van der Waals surface area contributed by atoms with Crippen LogP contribution in [0.25, 0.3) is 0 Å². The lowest BCUT2D eigenvalue weighted by molar-refractivity contribution is -0.122. The van der Waals surface area contributed by atoms with Crippen molar-refractivity contribution in [3.63, 3.8) is 0 Å². The Kier molecular flexibility index (Phi) is 6.90. The van der Waals surface area contributed by atoms with Crippen molar-refractivity contribution in [1.29, 1.82) is 0 Å². The minimum Gasteiger partial charge on any atom is -0.479 e. The average Bonchev–Trinajstić information content (AvgIpc) is 3.22. The molecule has 2 N–H and O–H groups in total. The highest BCUT2D eigenvalue weighted by atomic mass is 35.5. The minimum absolute atomic E-state index is 0.0507. The SMILES string of the molecule is C[C@H](Oc1ccccc1Cl)C(=O)Nc1ccccc1C(=O)NC[C@H]1CCCO1. The maximum absolute atomic E-state index is 12.5. The Labute approximate surface area is 169 Å². The van der Waals surface area contributed by atoms with Crippen molar-refractivity contribution in [2.24, 2.45) is 0 Å². The first-order valence-corrected chi connectivity index (χ1v) is 9.63. The van der Waals surface area contributed by atoms with E-state index in [2.05, 4.69) is 10.6 Å². The largest absolute Gasteiger partial charge is 0.479 e. The van der Waals surface area contributed by atoms with Gasteiger partial charge in [0.05, 0.1) is 22.4 Å². The van der Waals surface area contributed by atoms with Gasteiger partial charge in [-0.3, -0.25) is 9.59 Å². The number of amides is 2. The van der Waals surface area contributed by atoms with Gasteiger partial charge in [0.15, 0.2) is 6.10 Å². The zero-order chi connectivity index (χ0) is 19.9. The zero-order valence-corrected chi connectivity index (χ0v) is 16.4. The topological polar surface area (TPSA) is 76.7 Å². The minimum atomic E-state index is -0.789.